The highest BCUT2D eigenvalue weighted by Gasteiger charge is 2.14. The van der Waals surface area contributed by atoms with Gasteiger partial charge in [0.05, 0.1) is 26.0 Å². The van der Waals surface area contributed by atoms with Crippen molar-refractivity contribution < 1.29 is 9.47 Å². The number of pyridine rings is 1. The summed E-state index contributed by atoms with van der Waals surface area (Å²) in [5.41, 5.74) is 1.08. The zero-order chi connectivity index (χ0) is 11.8. The highest BCUT2D eigenvalue weighted by molar-refractivity contribution is 5.32. The SMILES string of the molecule is CCCOCC(NC)c1ccncc1OC. The molecular weight excluding hydrogens is 204 g/mol. The first-order chi connectivity index (χ1) is 7.83. The monoisotopic (exact) mass is 224 g/mol. The van der Waals surface area contributed by atoms with E-state index in [1.165, 1.54) is 0 Å². The van der Waals surface area contributed by atoms with Crippen molar-refractivity contribution in [2.75, 3.05) is 27.4 Å². The third-order valence-corrected chi connectivity index (χ3v) is 2.39. The molecule has 1 N–H and O–H groups in total. The molecule has 0 aliphatic rings. The molecule has 1 rings (SSSR count). The molecule has 0 aliphatic carbocycles. The average molecular weight is 224 g/mol. The Morgan fingerprint density at radius 1 is 1.50 bits per heavy atom. The van der Waals surface area contributed by atoms with Crippen LogP contribution in [-0.2, 0) is 4.74 Å². The lowest BCUT2D eigenvalue weighted by Crippen LogP contribution is -2.22. The maximum atomic E-state index is 5.55. The molecule has 0 saturated carbocycles. The van der Waals surface area contributed by atoms with Crippen LogP contribution in [0.15, 0.2) is 18.5 Å². The highest BCUT2D eigenvalue weighted by Crippen LogP contribution is 2.23. The molecule has 1 unspecified atom stereocenters. The van der Waals surface area contributed by atoms with E-state index in [2.05, 4.69) is 17.2 Å². The third kappa shape index (κ3) is 3.47. The Morgan fingerprint density at radius 2 is 2.31 bits per heavy atom. The molecule has 0 aliphatic heterocycles. The van der Waals surface area contributed by atoms with E-state index >= 15 is 0 Å². The van der Waals surface area contributed by atoms with E-state index in [1.54, 1.807) is 19.5 Å². The fourth-order valence-electron chi connectivity index (χ4n) is 1.52. The second-order valence-electron chi connectivity index (χ2n) is 3.53. The Bertz CT molecular complexity index is 305. The van der Waals surface area contributed by atoms with Gasteiger partial charge in [-0.1, -0.05) is 6.92 Å². The van der Waals surface area contributed by atoms with Crippen LogP contribution in [0.3, 0.4) is 0 Å². The van der Waals surface area contributed by atoms with Crippen LogP contribution in [0.5, 0.6) is 5.75 Å². The van der Waals surface area contributed by atoms with Gasteiger partial charge >= 0.3 is 0 Å². The van der Waals surface area contributed by atoms with Crippen LogP contribution in [0.1, 0.15) is 24.9 Å². The molecule has 0 aromatic carbocycles. The first-order valence-electron chi connectivity index (χ1n) is 5.56. The minimum atomic E-state index is 0.143. The Kier molecular flexibility index (Phi) is 5.82. The maximum absolute atomic E-state index is 5.55. The minimum Gasteiger partial charge on any atom is -0.495 e. The van der Waals surface area contributed by atoms with Gasteiger partial charge in [0.25, 0.3) is 0 Å². The van der Waals surface area contributed by atoms with Crippen molar-refractivity contribution in [1.82, 2.24) is 10.3 Å². The van der Waals surface area contributed by atoms with Crippen molar-refractivity contribution in [3.63, 3.8) is 0 Å². The van der Waals surface area contributed by atoms with E-state index < -0.39 is 0 Å². The smallest absolute Gasteiger partial charge is 0.142 e. The Hall–Kier alpha value is -1.13. The standard InChI is InChI=1S/C12H20N2O2/c1-4-7-16-9-11(13-2)10-5-6-14-8-12(10)15-3/h5-6,8,11,13H,4,7,9H2,1-3H3. The number of hydrogen-bond acceptors (Lipinski definition) is 4. The summed E-state index contributed by atoms with van der Waals surface area (Å²) < 4.78 is 10.8. The van der Waals surface area contributed by atoms with Crippen molar-refractivity contribution in [3.05, 3.63) is 24.0 Å². The normalized spacial score (nSPS) is 12.4. The van der Waals surface area contributed by atoms with Crippen molar-refractivity contribution in [2.24, 2.45) is 0 Å². The predicted octanol–water partition coefficient (Wildman–Crippen LogP) is 1.78. The van der Waals surface area contributed by atoms with E-state index in [9.17, 15) is 0 Å². The molecule has 0 radical (unpaired) electrons. The van der Waals surface area contributed by atoms with Crippen LogP contribution in [0.25, 0.3) is 0 Å². The number of nitrogens with one attached hydrogen (secondary N) is 1. The van der Waals surface area contributed by atoms with Crippen LogP contribution >= 0.6 is 0 Å². The van der Waals surface area contributed by atoms with Gasteiger partial charge in [-0.25, -0.2) is 0 Å². The number of hydrogen-bond donors (Lipinski definition) is 1. The first-order valence-corrected chi connectivity index (χ1v) is 5.56. The molecule has 1 aromatic heterocycles. The number of ether oxygens (including phenoxy) is 2. The van der Waals surface area contributed by atoms with E-state index in [0.717, 1.165) is 24.3 Å². The van der Waals surface area contributed by atoms with Gasteiger partial charge in [0.15, 0.2) is 0 Å². The van der Waals surface area contributed by atoms with E-state index in [0.29, 0.717) is 6.61 Å². The number of rotatable bonds is 7. The molecule has 0 spiro atoms. The lowest BCUT2D eigenvalue weighted by atomic mass is 10.1. The zero-order valence-corrected chi connectivity index (χ0v) is 10.2. The summed E-state index contributed by atoms with van der Waals surface area (Å²) in [5.74, 6) is 0.793. The zero-order valence-electron chi connectivity index (χ0n) is 10.2. The van der Waals surface area contributed by atoms with Crippen molar-refractivity contribution in [1.29, 1.82) is 0 Å². The van der Waals surface area contributed by atoms with Gasteiger partial charge < -0.3 is 14.8 Å². The molecule has 4 heteroatoms. The largest absolute Gasteiger partial charge is 0.495 e. The molecule has 90 valence electrons. The minimum absolute atomic E-state index is 0.143. The molecule has 1 aromatic rings. The fraction of sp³-hybridized carbons (Fsp3) is 0.583. The van der Waals surface area contributed by atoms with Crippen molar-refractivity contribution in [2.45, 2.75) is 19.4 Å². The van der Waals surface area contributed by atoms with Gasteiger partial charge in [0, 0.05) is 18.4 Å². The summed E-state index contributed by atoms with van der Waals surface area (Å²) in [5, 5.41) is 3.22. The number of aromatic nitrogens is 1. The van der Waals surface area contributed by atoms with E-state index in [1.807, 2.05) is 13.1 Å². The third-order valence-electron chi connectivity index (χ3n) is 2.39. The summed E-state index contributed by atoms with van der Waals surface area (Å²) in [7, 11) is 3.57. The lowest BCUT2D eigenvalue weighted by Gasteiger charge is -2.18. The molecule has 1 heterocycles. The molecule has 0 fully saturated rings. The number of nitrogens with zero attached hydrogens (tertiary/aromatic N) is 1. The topological polar surface area (TPSA) is 43.4 Å². The van der Waals surface area contributed by atoms with Crippen molar-refractivity contribution >= 4 is 0 Å². The van der Waals surface area contributed by atoms with Crippen LogP contribution < -0.4 is 10.1 Å². The highest BCUT2D eigenvalue weighted by atomic mass is 16.5. The van der Waals surface area contributed by atoms with Crippen molar-refractivity contribution in [3.8, 4) is 5.75 Å². The average Bonchev–Trinajstić information content (AvgIpc) is 2.35. The molecule has 1 atom stereocenters. The maximum Gasteiger partial charge on any atom is 0.142 e. The predicted molar refractivity (Wildman–Crippen MR) is 63.7 cm³/mol. The van der Waals surface area contributed by atoms with Gasteiger partial charge in [0.1, 0.15) is 5.75 Å². The Morgan fingerprint density at radius 3 is 2.94 bits per heavy atom. The quantitative estimate of drug-likeness (QED) is 0.717. The molecular formula is C12H20N2O2. The molecule has 4 nitrogen and oxygen atoms in total. The lowest BCUT2D eigenvalue weighted by molar-refractivity contribution is 0.113. The molecule has 0 amide bonds. The van der Waals surface area contributed by atoms with Gasteiger partial charge in [0.2, 0.25) is 0 Å². The summed E-state index contributed by atoms with van der Waals surface area (Å²) >= 11 is 0. The summed E-state index contributed by atoms with van der Waals surface area (Å²) in [6.45, 7) is 3.53. The Balaban J connectivity index is 2.69. The molecule has 0 bridgehead atoms. The fourth-order valence-corrected chi connectivity index (χ4v) is 1.52. The van der Waals surface area contributed by atoms with Crippen LogP contribution in [0, 0.1) is 0 Å². The van der Waals surface area contributed by atoms with E-state index in [-0.39, 0.29) is 6.04 Å². The van der Waals surface area contributed by atoms with Gasteiger partial charge in [-0.05, 0) is 19.5 Å². The van der Waals surface area contributed by atoms with Gasteiger partial charge in [-0.2, -0.15) is 0 Å². The van der Waals surface area contributed by atoms with Gasteiger partial charge in [-0.3, -0.25) is 4.98 Å². The second kappa shape index (κ2) is 7.19. The van der Waals surface area contributed by atoms with Gasteiger partial charge in [-0.15, -0.1) is 0 Å². The molecule has 16 heavy (non-hydrogen) atoms. The number of likely N-dealkylation sites (N-methyl/N-ethyl adjacent to an activating group) is 1. The summed E-state index contributed by atoms with van der Waals surface area (Å²) in [6.07, 6.45) is 4.52. The Labute approximate surface area is 97.0 Å². The van der Waals surface area contributed by atoms with Crippen LogP contribution in [0.4, 0.5) is 0 Å². The number of methoxy groups -OCH3 is 1. The second-order valence-corrected chi connectivity index (χ2v) is 3.53. The molecule has 0 saturated heterocycles. The summed E-state index contributed by atoms with van der Waals surface area (Å²) in [6, 6.07) is 2.10. The van der Waals surface area contributed by atoms with Crippen LogP contribution in [0.2, 0.25) is 0 Å². The van der Waals surface area contributed by atoms with Crippen LogP contribution in [-0.4, -0.2) is 32.4 Å². The van der Waals surface area contributed by atoms with E-state index in [4.69, 9.17) is 9.47 Å². The summed E-state index contributed by atoms with van der Waals surface area (Å²) in [4.78, 5) is 4.04. The first kappa shape index (κ1) is 12.9.